The van der Waals surface area contributed by atoms with E-state index in [0.29, 0.717) is 4.88 Å². The largest absolute Gasteiger partial charge is 0.383 e. The summed E-state index contributed by atoms with van der Waals surface area (Å²) in [4.78, 5) is 12.7. The second-order valence-corrected chi connectivity index (χ2v) is 4.35. The molecule has 0 saturated heterocycles. The number of alkyl halides is 4. The summed E-state index contributed by atoms with van der Waals surface area (Å²) >= 11 is 1.28. The highest BCUT2D eigenvalue weighted by atomic mass is 32.1. The summed E-state index contributed by atoms with van der Waals surface area (Å²) in [7, 11) is 0. The molecule has 2 nitrogen and oxygen atoms in total. The molecule has 1 amide bonds. The van der Waals surface area contributed by atoms with E-state index in [9.17, 15) is 22.4 Å². The Balaban J connectivity index is 2.77. The van der Waals surface area contributed by atoms with Crippen molar-refractivity contribution in [1.82, 2.24) is 4.90 Å². The van der Waals surface area contributed by atoms with Gasteiger partial charge in [0.1, 0.15) is 0 Å². The molecule has 0 N–H and O–H groups in total. The van der Waals surface area contributed by atoms with E-state index in [-0.39, 0.29) is 13.1 Å². The third kappa shape index (κ3) is 3.18. The van der Waals surface area contributed by atoms with E-state index in [4.69, 9.17) is 0 Å². The maximum atomic E-state index is 12.9. The standard InChI is InChI=1S/C10H11F4NOS/c1-2-15(6-7-4-3-5-17-7)9(16)10(13,14)8(11)12/h3-5,8H,2,6H2,1H3. The van der Waals surface area contributed by atoms with Crippen molar-refractivity contribution in [2.75, 3.05) is 6.54 Å². The Morgan fingerprint density at radius 3 is 2.59 bits per heavy atom. The second kappa shape index (κ2) is 5.48. The first kappa shape index (κ1) is 14.0. The average molecular weight is 269 g/mol. The first-order chi connectivity index (χ1) is 7.89. The molecule has 1 aromatic heterocycles. The zero-order valence-corrected chi connectivity index (χ0v) is 9.82. The van der Waals surface area contributed by atoms with Gasteiger partial charge in [0, 0.05) is 11.4 Å². The zero-order chi connectivity index (χ0) is 13.1. The minimum absolute atomic E-state index is 0.0426. The molecule has 0 spiro atoms. The minimum atomic E-state index is -4.62. The fourth-order valence-corrected chi connectivity index (χ4v) is 1.94. The van der Waals surface area contributed by atoms with Gasteiger partial charge in [-0.3, -0.25) is 4.79 Å². The maximum absolute atomic E-state index is 12.9. The minimum Gasteiger partial charge on any atom is -0.332 e. The highest BCUT2D eigenvalue weighted by Crippen LogP contribution is 2.26. The molecule has 0 aliphatic rings. The van der Waals surface area contributed by atoms with Crippen LogP contribution in [-0.4, -0.2) is 29.7 Å². The van der Waals surface area contributed by atoms with Crippen molar-refractivity contribution in [2.45, 2.75) is 25.8 Å². The van der Waals surface area contributed by atoms with Crippen molar-refractivity contribution >= 4 is 17.2 Å². The molecule has 0 unspecified atom stereocenters. The third-order valence-corrected chi connectivity index (χ3v) is 3.02. The topological polar surface area (TPSA) is 20.3 Å². The van der Waals surface area contributed by atoms with Crippen LogP contribution in [0, 0.1) is 0 Å². The second-order valence-electron chi connectivity index (χ2n) is 3.32. The van der Waals surface area contributed by atoms with Crippen LogP contribution < -0.4 is 0 Å². The molecule has 0 fully saturated rings. The Labute approximate surface area is 99.8 Å². The highest BCUT2D eigenvalue weighted by Gasteiger charge is 2.50. The summed E-state index contributed by atoms with van der Waals surface area (Å²) in [5.41, 5.74) is 0. The summed E-state index contributed by atoms with van der Waals surface area (Å²) in [6, 6.07) is 3.35. The van der Waals surface area contributed by atoms with Crippen molar-refractivity contribution in [3.05, 3.63) is 22.4 Å². The smallest absolute Gasteiger partial charge is 0.332 e. The van der Waals surface area contributed by atoms with Gasteiger partial charge in [0.25, 0.3) is 5.91 Å². The van der Waals surface area contributed by atoms with Crippen molar-refractivity contribution < 1.29 is 22.4 Å². The van der Waals surface area contributed by atoms with Crippen LogP contribution in [0.4, 0.5) is 17.6 Å². The van der Waals surface area contributed by atoms with Crippen LogP contribution in [0.1, 0.15) is 11.8 Å². The van der Waals surface area contributed by atoms with E-state index in [1.54, 1.807) is 17.5 Å². The van der Waals surface area contributed by atoms with Gasteiger partial charge in [0.2, 0.25) is 0 Å². The molecule has 0 atom stereocenters. The number of amides is 1. The molecule has 0 aromatic carbocycles. The van der Waals surface area contributed by atoms with Crippen LogP contribution in [0.3, 0.4) is 0 Å². The van der Waals surface area contributed by atoms with Gasteiger partial charge in [0.05, 0.1) is 6.54 Å². The van der Waals surface area contributed by atoms with Crippen molar-refractivity contribution in [1.29, 1.82) is 0 Å². The first-order valence-electron chi connectivity index (χ1n) is 4.87. The number of carbonyl (C=O) groups is 1. The molecule has 0 bridgehead atoms. The number of rotatable bonds is 5. The molecule has 7 heteroatoms. The Morgan fingerprint density at radius 1 is 1.53 bits per heavy atom. The lowest BCUT2D eigenvalue weighted by atomic mass is 10.3. The number of hydrogen-bond acceptors (Lipinski definition) is 2. The molecular formula is C10H11F4NOS. The molecule has 17 heavy (non-hydrogen) atoms. The molecule has 1 aromatic rings. The lowest BCUT2D eigenvalue weighted by Crippen LogP contribution is -2.47. The van der Waals surface area contributed by atoms with Gasteiger partial charge in [-0.05, 0) is 18.4 Å². The quantitative estimate of drug-likeness (QED) is 0.752. The Kier molecular flexibility index (Phi) is 4.50. The van der Waals surface area contributed by atoms with Crippen molar-refractivity contribution in [3.8, 4) is 0 Å². The van der Waals surface area contributed by atoms with Gasteiger partial charge >= 0.3 is 12.3 Å². The predicted octanol–water partition coefficient (Wildman–Crippen LogP) is 3.00. The molecule has 1 rings (SSSR count). The van der Waals surface area contributed by atoms with E-state index in [1.165, 1.54) is 18.3 Å². The van der Waals surface area contributed by atoms with Gasteiger partial charge in [0.15, 0.2) is 0 Å². The zero-order valence-electron chi connectivity index (χ0n) is 9.00. The van der Waals surface area contributed by atoms with E-state index in [2.05, 4.69) is 0 Å². The Bertz CT molecular complexity index is 366. The van der Waals surface area contributed by atoms with Crippen LogP contribution >= 0.6 is 11.3 Å². The SMILES string of the molecule is CCN(Cc1cccs1)C(=O)C(F)(F)C(F)F. The fourth-order valence-electron chi connectivity index (χ4n) is 1.22. The molecular weight excluding hydrogens is 258 g/mol. The van der Waals surface area contributed by atoms with Crippen LogP contribution in [0.15, 0.2) is 17.5 Å². The highest BCUT2D eigenvalue weighted by molar-refractivity contribution is 7.09. The van der Waals surface area contributed by atoms with Crippen LogP contribution in [0.25, 0.3) is 0 Å². The summed E-state index contributed by atoms with van der Waals surface area (Å²) in [6.45, 7) is 1.35. The number of thiophene rings is 1. The van der Waals surface area contributed by atoms with Crippen LogP contribution in [0.2, 0.25) is 0 Å². The molecule has 0 aliphatic carbocycles. The van der Waals surface area contributed by atoms with Crippen LogP contribution in [0.5, 0.6) is 0 Å². The maximum Gasteiger partial charge on any atom is 0.383 e. The number of nitrogens with zero attached hydrogens (tertiary/aromatic N) is 1. The molecule has 0 saturated carbocycles. The van der Waals surface area contributed by atoms with E-state index in [1.807, 2.05) is 0 Å². The summed E-state index contributed by atoms with van der Waals surface area (Å²) < 4.78 is 49.8. The van der Waals surface area contributed by atoms with E-state index in [0.717, 1.165) is 4.90 Å². The van der Waals surface area contributed by atoms with E-state index >= 15 is 0 Å². The van der Waals surface area contributed by atoms with Gasteiger partial charge in [-0.15, -0.1) is 11.3 Å². The monoisotopic (exact) mass is 269 g/mol. The van der Waals surface area contributed by atoms with Gasteiger partial charge in [-0.1, -0.05) is 6.07 Å². The molecule has 0 aliphatic heterocycles. The summed E-state index contributed by atoms with van der Waals surface area (Å²) in [6.07, 6.45) is -3.98. The number of halogens is 4. The van der Waals surface area contributed by atoms with Gasteiger partial charge < -0.3 is 4.90 Å². The lowest BCUT2D eigenvalue weighted by Gasteiger charge is -2.24. The third-order valence-electron chi connectivity index (χ3n) is 2.15. The molecule has 0 radical (unpaired) electrons. The first-order valence-corrected chi connectivity index (χ1v) is 5.75. The Hall–Kier alpha value is -1.11. The summed E-state index contributed by atoms with van der Waals surface area (Å²) in [5.74, 6) is -6.45. The fraction of sp³-hybridized carbons (Fsp3) is 0.500. The summed E-state index contributed by atoms with van der Waals surface area (Å²) in [5, 5.41) is 1.72. The predicted molar refractivity (Wildman–Crippen MR) is 56.4 cm³/mol. The normalized spacial score (nSPS) is 11.9. The average Bonchev–Trinajstić information content (AvgIpc) is 2.77. The molecule has 1 heterocycles. The Morgan fingerprint density at radius 2 is 2.18 bits per heavy atom. The van der Waals surface area contributed by atoms with Crippen molar-refractivity contribution in [2.24, 2.45) is 0 Å². The lowest BCUT2D eigenvalue weighted by molar-refractivity contribution is -0.181. The van der Waals surface area contributed by atoms with Gasteiger partial charge in [-0.25, -0.2) is 8.78 Å². The van der Waals surface area contributed by atoms with Crippen LogP contribution in [-0.2, 0) is 11.3 Å². The van der Waals surface area contributed by atoms with Gasteiger partial charge in [-0.2, -0.15) is 8.78 Å². The number of carbonyl (C=O) groups excluding carboxylic acids is 1. The number of hydrogen-bond donors (Lipinski definition) is 0. The molecule has 96 valence electrons. The van der Waals surface area contributed by atoms with E-state index < -0.39 is 18.3 Å². The van der Waals surface area contributed by atoms with Crippen molar-refractivity contribution in [3.63, 3.8) is 0 Å².